The first kappa shape index (κ1) is 20.4. The lowest BCUT2D eigenvalue weighted by atomic mass is 10.1. The van der Waals surface area contributed by atoms with Crippen LogP contribution < -0.4 is 10.1 Å². The minimum Gasteiger partial charge on any atom is -0.492 e. The van der Waals surface area contributed by atoms with E-state index in [0.29, 0.717) is 59.8 Å². The van der Waals surface area contributed by atoms with Gasteiger partial charge in [-0.3, -0.25) is 4.90 Å². The largest absolute Gasteiger partial charge is 0.492 e. The number of halogens is 2. The zero-order chi connectivity index (χ0) is 22.1. The molecule has 0 unspecified atom stereocenters. The molecule has 0 saturated carbocycles. The number of aromatic nitrogens is 2. The molecule has 0 spiro atoms. The van der Waals surface area contributed by atoms with Gasteiger partial charge in [0.1, 0.15) is 29.0 Å². The summed E-state index contributed by atoms with van der Waals surface area (Å²) in [6.07, 6.45) is 3.38. The Morgan fingerprint density at radius 1 is 1.16 bits per heavy atom. The van der Waals surface area contributed by atoms with Gasteiger partial charge >= 0.3 is 0 Å². The molecule has 1 aromatic carbocycles. The fraction of sp³-hybridized carbons (Fsp3) is 0.304. The van der Waals surface area contributed by atoms with Crippen molar-refractivity contribution in [2.75, 3.05) is 26.2 Å². The van der Waals surface area contributed by atoms with Crippen molar-refractivity contribution in [1.29, 1.82) is 0 Å². The highest BCUT2D eigenvalue weighted by Crippen LogP contribution is 2.28. The fourth-order valence-corrected chi connectivity index (χ4v) is 3.91. The van der Waals surface area contributed by atoms with Gasteiger partial charge in [-0.05, 0) is 36.4 Å². The lowest BCUT2D eigenvalue weighted by Crippen LogP contribution is -2.41. The quantitative estimate of drug-likeness (QED) is 0.373. The molecule has 0 amide bonds. The first-order valence-electron chi connectivity index (χ1n) is 10.4. The molecule has 5 rings (SSSR count). The second-order valence-electron chi connectivity index (χ2n) is 7.91. The standard InChI is InChI=1S/C23H22F2N4O3/c24-23(25)5-8-28(9-6-23)10-11-31-17-3-4-21-18(13-17)19(27-30)14-22(32-21)20-12-16-2-1-7-29(16)15-26-20/h1-4,7,12-15,30H,5-6,8-11H2/b27-19+. The smallest absolute Gasteiger partial charge is 0.250 e. The number of rotatable bonds is 5. The predicted octanol–water partition coefficient (Wildman–Crippen LogP) is 4.15. The SMILES string of the molecule is O/N=c1\cc(-c2cc3cccn3cn2)oc2ccc(OCCN3CCC(F)(F)CC3)cc12. The average Bonchev–Trinajstić information content (AvgIpc) is 3.27. The number of piperidine rings is 1. The van der Waals surface area contributed by atoms with Gasteiger partial charge in [-0.2, -0.15) is 0 Å². The van der Waals surface area contributed by atoms with Crippen LogP contribution in [-0.4, -0.2) is 51.7 Å². The van der Waals surface area contributed by atoms with E-state index in [9.17, 15) is 14.0 Å². The number of fused-ring (bicyclic) bond motifs is 2. The minimum absolute atomic E-state index is 0.111. The second kappa shape index (κ2) is 8.23. The maximum atomic E-state index is 13.3. The number of alkyl halides is 2. The van der Waals surface area contributed by atoms with Crippen LogP contribution in [-0.2, 0) is 0 Å². The first-order valence-corrected chi connectivity index (χ1v) is 10.4. The molecular formula is C23H22F2N4O3. The molecule has 7 nitrogen and oxygen atoms in total. The number of hydrogen-bond acceptors (Lipinski definition) is 6. The number of benzene rings is 1. The lowest BCUT2D eigenvalue weighted by molar-refractivity contribution is -0.0564. The third-order valence-corrected chi connectivity index (χ3v) is 5.76. The molecule has 9 heteroatoms. The molecule has 4 aromatic rings. The van der Waals surface area contributed by atoms with Crippen LogP contribution >= 0.6 is 0 Å². The Bertz CT molecular complexity index is 1320. The molecule has 1 aliphatic heterocycles. The van der Waals surface area contributed by atoms with Crippen molar-refractivity contribution >= 4 is 16.5 Å². The Hall–Kier alpha value is -3.46. The maximum Gasteiger partial charge on any atom is 0.250 e. The van der Waals surface area contributed by atoms with Gasteiger partial charge in [0.25, 0.3) is 5.92 Å². The van der Waals surface area contributed by atoms with E-state index in [4.69, 9.17) is 9.15 Å². The van der Waals surface area contributed by atoms with E-state index in [1.54, 1.807) is 30.6 Å². The summed E-state index contributed by atoms with van der Waals surface area (Å²) in [4.78, 5) is 6.39. The van der Waals surface area contributed by atoms with Crippen LogP contribution in [0.3, 0.4) is 0 Å². The molecule has 0 radical (unpaired) electrons. The summed E-state index contributed by atoms with van der Waals surface area (Å²) >= 11 is 0. The van der Waals surface area contributed by atoms with E-state index in [-0.39, 0.29) is 12.8 Å². The van der Waals surface area contributed by atoms with Gasteiger partial charge in [-0.25, -0.2) is 13.8 Å². The van der Waals surface area contributed by atoms with Gasteiger partial charge < -0.3 is 18.8 Å². The van der Waals surface area contributed by atoms with Crippen molar-refractivity contribution < 1.29 is 23.1 Å². The van der Waals surface area contributed by atoms with Gasteiger partial charge in [0.05, 0.1) is 11.7 Å². The summed E-state index contributed by atoms with van der Waals surface area (Å²) in [5, 5.41) is 13.9. The van der Waals surface area contributed by atoms with Crippen LogP contribution in [0, 0.1) is 0 Å². The summed E-state index contributed by atoms with van der Waals surface area (Å²) in [7, 11) is 0. The highest BCUT2D eigenvalue weighted by molar-refractivity contribution is 5.80. The highest BCUT2D eigenvalue weighted by Gasteiger charge is 2.33. The molecule has 0 aliphatic carbocycles. The summed E-state index contributed by atoms with van der Waals surface area (Å²) in [5.41, 5.74) is 2.11. The van der Waals surface area contributed by atoms with Crippen LogP contribution in [0.4, 0.5) is 8.78 Å². The van der Waals surface area contributed by atoms with Gasteiger partial charge in [0.15, 0.2) is 5.76 Å². The molecule has 4 heterocycles. The topological polar surface area (TPSA) is 75.5 Å². The van der Waals surface area contributed by atoms with Crippen LogP contribution in [0.25, 0.3) is 27.9 Å². The number of hydrogen-bond donors (Lipinski definition) is 1. The Balaban J connectivity index is 1.34. The van der Waals surface area contributed by atoms with Crippen LogP contribution in [0.2, 0.25) is 0 Å². The lowest BCUT2D eigenvalue weighted by Gasteiger charge is -2.31. The molecule has 1 N–H and O–H groups in total. The van der Waals surface area contributed by atoms with Crippen molar-refractivity contribution in [2.45, 2.75) is 18.8 Å². The summed E-state index contributed by atoms with van der Waals surface area (Å²) in [6, 6.07) is 12.7. The normalized spacial score (nSPS) is 17.2. The Morgan fingerprint density at radius 2 is 2.00 bits per heavy atom. The van der Waals surface area contributed by atoms with E-state index >= 15 is 0 Å². The van der Waals surface area contributed by atoms with E-state index < -0.39 is 5.92 Å². The molecule has 1 saturated heterocycles. The van der Waals surface area contributed by atoms with E-state index in [0.717, 1.165) is 5.52 Å². The number of nitrogens with zero attached hydrogens (tertiary/aromatic N) is 4. The van der Waals surface area contributed by atoms with Crippen molar-refractivity contribution in [2.24, 2.45) is 5.16 Å². The number of likely N-dealkylation sites (tertiary alicyclic amines) is 1. The van der Waals surface area contributed by atoms with Crippen molar-refractivity contribution in [3.05, 3.63) is 60.3 Å². The third kappa shape index (κ3) is 4.16. The molecule has 32 heavy (non-hydrogen) atoms. The Morgan fingerprint density at radius 3 is 2.81 bits per heavy atom. The van der Waals surface area contributed by atoms with Crippen LogP contribution in [0.5, 0.6) is 5.75 Å². The third-order valence-electron chi connectivity index (χ3n) is 5.76. The number of ether oxygens (including phenoxy) is 1. The van der Waals surface area contributed by atoms with Gasteiger partial charge in [-0.1, -0.05) is 5.16 Å². The average molecular weight is 440 g/mol. The molecular weight excluding hydrogens is 418 g/mol. The molecule has 166 valence electrons. The van der Waals surface area contributed by atoms with Gasteiger partial charge in [-0.15, -0.1) is 0 Å². The second-order valence-corrected chi connectivity index (χ2v) is 7.91. The van der Waals surface area contributed by atoms with E-state index in [1.807, 2.05) is 33.7 Å². The van der Waals surface area contributed by atoms with Gasteiger partial charge in [0, 0.05) is 50.3 Å². The maximum absolute atomic E-state index is 13.3. The van der Waals surface area contributed by atoms with Gasteiger partial charge in [0.2, 0.25) is 0 Å². The van der Waals surface area contributed by atoms with Crippen LogP contribution in [0.1, 0.15) is 12.8 Å². The highest BCUT2D eigenvalue weighted by atomic mass is 19.3. The molecule has 1 fully saturated rings. The molecule has 0 atom stereocenters. The minimum atomic E-state index is -2.55. The Labute approximate surface area is 182 Å². The van der Waals surface area contributed by atoms with Crippen molar-refractivity contribution in [3.8, 4) is 17.2 Å². The summed E-state index contributed by atoms with van der Waals surface area (Å²) in [6.45, 7) is 1.68. The van der Waals surface area contributed by atoms with Crippen LogP contribution in [0.15, 0.2) is 64.6 Å². The van der Waals surface area contributed by atoms with Crippen molar-refractivity contribution in [1.82, 2.24) is 14.3 Å². The molecule has 3 aromatic heterocycles. The van der Waals surface area contributed by atoms with E-state index in [2.05, 4.69) is 10.1 Å². The molecule has 0 bridgehead atoms. The zero-order valence-electron chi connectivity index (χ0n) is 17.2. The summed E-state index contributed by atoms with van der Waals surface area (Å²) in [5.74, 6) is -1.49. The summed E-state index contributed by atoms with van der Waals surface area (Å²) < 4.78 is 40.3. The first-order chi connectivity index (χ1) is 15.5. The zero-order valence-corrected chi connectivity index (χ0v) is 17.2. The molecule has 1 aliphatic rings. The van der Waals surface area contributed by atoms with E-state index in [1.165, 1.54) is 0 Å². The Kier molecular flexibility index (Phi) is 5.26. The monoisotopic (exact) mass is 440 g/mol. The fourth-order valence-electron chi connectivity index (χ4n) is 3.91. The predicted molar refractivity (Wildman–Crippen MR) is 114 cm³/mol. The van der Waals surface area contributed by atoms with Crippen molar-refractivity contribution in [3.63, 3.8) is 0 Å².